The van der Waals surface area contributed by atoms with Gasteiger partial charge in [0.25, 0.3) is 0 Å². The molecule has 3 nitrogen and oxygen atoms in total. The van der Waals surface area contributed by atoms with Crippen molar-refractivity contribution in [3.63, 3.8) is 0 Å². The van der Waals surface area contributed by atoms with Crippen LogP contribution in [0.5, 0.6) is 5.75 Å². The highest BCUT2D eigenvalue weighted by atomic mass is 19.4. The molecule has 2 aromatic carbocycles. The monoisotopic (exact) mass is 423 g/mol. The molecular weight excluding hydrogens is 391 g/mol. The van der Waals surface area contributed by atoms with Crippen LogP contribution in [-0.4, -0.2) is 18.6 Å². The van der Waals surface area contributed by atoms with Crippen molar-refractivity contribution in [2.24, 2.45) is 5.73 Å². The maximum absolute atomic E-state index is 12.3. The van der Waals surface area contributed by atoms with Crippen molar-refractivity contribution in [2.45, 2.75) is 65.1 Å². The Kier molecular flexibility index (Phi) is 11.2. The number of rotatable bonds is 10. The van der Waals surface area contributed by atoms with Crippen LogP contribution in [0.3, 0.4) is 0 Å². The Hall–Kier alpha value is -2.34. The topological polar surface area (TPSA) is 52.3 Å². The normalized spacial score (nSPS) is 12.0. The molecule has 166 valence electrons. The van der Waals surface area contributed by atoms with E-state index >= 15 is 0 Å². The molecule has 0 bridgehead atoms. The molecule has 2 rings (SSSR count). The first kappa shape index (κ1) is 25.7. The summed E-state index contributed by atoms with van der Waals surface area (Å²) in [7, 11) is 0. The summed E-state index contributed by atoms with van der Waals surface area (Å²) in [5.74, 6) is 0.628. The van der Waals surface area contributed by atoms with Gasteiger partial charge in [-0.15, -0.1) is 0 Å². The number of aryl methyl sites for hydroxylation is 1. The molecule has 2 N–H and O–H groups in total. The SMILES string of the molecule is CC.Cc1ccc(C(=O)CC(N)c2ccc(OCCCCCC(F)(F)F)cc2)cc1. The molecule has 0 aliphatic heterocycles. The van der Waals surface area contributed by atoms with Gasteiger partial charge in [-0.05, 0) is 43.9 Å². The number of carbonyl (C=O) groups is 1. The number of Topliss-reactive ketones (excluding diaryl/α,β-unsaturated/α-hetero) is 1. The molecule has 0 aromatic heterocycles. The van der Waals surface area contributed by atoms with E-state index in [1.165, 1.54) is 0 Å². The Bertz CT molecular complexity index is 741. The van der Waals surface area contributed by atoms with Crippen LogP contribution in [0.4, 0.5) is 13.2 Å². The van der Waals surface area contributed by atoms with Crippen LogP contribution in [-0.2, 0) is 0 Å². The Morgan fingerprint density at radius 1 is 0.967 bits per heavy atom. The largest absolute Gasteiger partial charge is 0.494 e. The number of hydrogen-bond donors (Lipinski definition) is 1. The van der Waals surface area contributed by atoms with Gasteiger partial charge in [-0.1, -0.05) is 55.8 Å². The Balaban J connectivity index is 0.00000218. The first-order chi connectivity index (χ1) is 14.2. The van der Waals surface area contributed by atoms with E-state index in [1.807, 2.05) is 45.0 Å². The molecule has 0 amide bonds. The van der Waals surface area contributed by atoms with E-state index in [2.05, 4.69) is 0 Å². The van der Waals surface area contributed by atoms with Crippen LogP contribution in [0, 0.1) is 6.92 Å². The maximum atomic E-state index is 12.3. The third-order valence-corrected chi connectivity index (χ3v) is 4.46. The summed E-state index contributed by atoms with van der Waals surface area (Å²) in [6.45, 7) is 6.33. The summed E-state index contributed by atoms with van der Waals surface area (Å²) in [5, 5.41) is 0. The lowest BCUT2D eigenvalue weighted by molar-refractivity contribution is -0.135. The minimum absolute atomic E-state index is 0.00770. The summed E-state index contributed by atoms with van der Waals surface area (Å²) >= 11 is 0. The van der Waals surface area contributed by atoms with E-state index in [4.69, 9.17) is 10.5 Å². The lowest BCUT2D eigenvalue weighted by atomic mass is 9.98. The zero-order chi connectivity index (χ0) is 22.6. The molecule has 0 saturated heterocycles. The van der Waals surface area contributed by atoms with Crippen molar-refractivity contribution in [2.75, 3.05) is 6.61 Å². The van der Waals surface area contributed by atoms with Crippen molar-refractivity contribution in [3.8, 4) is 5.75 Å². The highest BCUT2D eigenvalue weighted by Gasteiger charge is 2.25. The molecule has 0 spiro atoms. The molecule has 6 heteroatoms. The lowest BCUT2D eigenvalue weighted by Gasteiger charge is -2.13. The molecule has 0 aliphatic rings. The fraction of sp³-hybridized carbons (Fsp3) is 0.458. The van der Waals surface area contributed by atoms with Crippen LogP contribution in [0.15, 0.2) is 48.5 Å². The third-order valence-electron chi connectivity index (χ3n) is 4.46. The molecule has 0 radical (unpaired) electrons. The van der Waals surface area contributed by atoms with Crippen molar-refractivity contribution in [1.82, 2.24) is 0 Å². The molecular formula is C24H32F3NO2. The number of ether oxygens (including phenoxy) is 1. The van der Waals surface area contributed by atoms with Gasteiger partial charge in [0.2, 0.25) is 0 Å². The smallest absolute Gasteiger partial charge is 0.389 e. The number of carbonyl (C=O) groups excluding carboxylic acids is 1. The van der Waals surface area contributed by atoms with Gasteiger partial charge < -0.3 is 10.5 Å². The van der Waals surface area contributed by atoms with Crippen LogP contribution in [0.1, 0.15) is 73.5 Å². The summed E-state index contributed by atoms with van der Waals surface area (Å²) in [6, 6.07) is 14.1. The predicted octanol–water partition coefficient (Wildman–Crippen LogP) is 6.80. The molecule has 30 heavy (non-hydrogen) atoms. The number of hydrogen-bond acceptors (Lipinski definition) is 3. The van der Waals surface area contributed by atoms with E-state index in [-0.39, 0.29) is 18.6 Å². The fourth-order valence-corrected chi connectivity index (χ4v) is 2.78. The van der Waals surface area contributed by atoms with Gasteiger partial charge in [0.05, 0.1) is 6.61 Å². The average molecular weight is 424 g/mol. The fourth-order valence-electron chi connectivity index (χ4n) is 2.78. The van der Waals surface area contributed by atoms with E-state index in [1.54, 1.807) is 24.3 Å². The molecule has 0 saturated carbocycles. The lowest BCUT2D eigenvalue weighted by Crippen LogP contribution is -2.15. The maximum Gasteiger partial charge on any atom is 0.389 e. The third kappa shape index (κ3) is 9.92. The van der Waals surface area contributed by atoms with Crippen LogP contribution in [0.2, 0.25) is 0 Å². The predicted molar refractivity (Wildman–Crippen MR) is 115 cm³/mol. The standard InChI is InChI=1S/C22H26F3NO2.C2H6/c1-16-5-7-18(8-6-16)21(27)15-20(26)17-9-11-19(12-10-17)28-14-4-2-3-13-22(23,24)25;1-2/h5-12,20H,2-4,13-15,26H2,1H3;1-2H3. The van der Waals surface area contributed by atoms with Crippen LogP contribution in [0.25, 0.3) is 0 Å². The molecule has 2 aromatic rings. The second kappa shape index (κ2) is 13.1. The van der Waals surface area contributed by atoms with Crippen molar-refractivity contribution in [1.29, 1.82) is 0 Å². The minimum atomic E-state index is -4.09. The van der Waals surface area contributed by atoms with Crippen LogP contribution < -0.4 is 10.5 Å². The second-order valence-electron chi connectivity index (χ2n) is 6.94. The van der Waals surface area contributed by atoms with Gasteiger partial charge in [0.15, 0.2) is 5.78 Å². The van der Waals surface area contributed by atoms with Gasteiger partial charge in [0.1, 0.15) is 5.75 Å². The Morgan fingerprint density at radius 2 is 1.57 bits per heavy atom. The van der Waals surface area contributed by atoms with E-state index in [9.17, 15) is 18.0 Å². The summed E-state index contributed by atoms with van der Waals surface area (Å²) < 4.78 is 41.7. The first-order valence-electron chi connectivity index (χ1n) is 10.4. The minimum Gasteiger partial charge on any atom is -0.494 e. The first-order valence-corrected chi connectivity index (χ1v) is 10.4. The van der Waals surface area contributed by atoms with E-state index in [0.717, 1.165) is 11.1 Å². The van der Waals surface area contributed by atoms with Crippen molar-refractivity contribution >= 4 is 5.78 Å². The average Bonchev–Trinajstić information content (AvgIpc) is 2.72. The number of alkyl halides is 3. The quantitative estimate of drug-likeness (QED) is 0.338. The molecule has 1 atom stereocenters. The Labute approximate surface area is 177 Å². The molecule has 0 aliphatic carbocycles. The van der Waals surface area contributed by atoms with Crippen molar-refractivity contribution < 1.29 is 22.7 Å². The highest BCUT2D eigenvalue weighted by Crippen LogP contribution is 2.23. The Morgan fingerprint density at radius 3 is 2.13 bits per heavy atom. The zero-order valence-corrected chi connectivity index (χ0v) is 18.0. The number of nitrogens with two attached hydrogens (primary N) is 1. The van der Waals surface area contributed by atoms with E-state index in [0.29, 0.717) is 30.8 Å². The highest BCUT2D eigenvalue weighted by molar-refractivity contribution is 5.96. The van der Waals surface area contributed by atoms with Crippen molar-refractivity contribution in [3.05, 3.63) is 65.2 Å². The molecule has 1 unspecified atom stereocenters. The molecule has 0 heterocycles. The van der Waals surface area contributed by atoms with Gasteiger partial charge >= 0.3 is 6.18 Å². The number of benzene rings is 2. The van der Waals surface area contributed by atoms with Gasteiger partial charge in [0, 0.05) is 24.4 Å². The molecule has 0 fully saturated rings. The zero-order valence-electron chi connectivity index (χ0n) is 18.0. The number of halogens is 3. The summed E-state index contributed by atoms with van der Waals surface area (Å²) in [5.41, 5.74) is 8.72. The van der Waals surface area contributed by atoms with Gasteiger partial charge in [-0.25, -0.2) is 0 Å². The summed E-state index contributed by atoms with van der Waals surface area (Å²) in [4.78, 5) is 12.3. The van der Waals surface area contributed by atoms with Crippen LogP contribution >= 0.6 is 0 Å². The summed E-state index contributed by atoms with van der Waals surface area (Å²) in [6.07, 6.45) is -3.46. The van der Waals surface area contributed by atoms with E-state index < -0.39 is 18.6 Å². The number of ketones is 1. The van der Waals surface area contributed by atoms with Gasteiger partial charge in [-0.2, -0.15) is 13.2 Å². The number of unbranched alkanes of at least 4 members (excludes halogenated alkanes) is 2. The second-order valence-corrected chi connectivity index (χ2v) is 6.94. The van der Waals surface area contributed by atoms with Gasteiger partial charge in [-0.3, -0.25) is 4.79 Å².